The fourth-order valence-corrected chi connectivity index (χ4v) is 3.61. The minimum Gasteiger partial charge on any atom is -0.508 e. The first-order chi connectivity index (χ1) is 9.63. The minimum absolute atomic E-state index is 0.206. The highest BCUT2D eigenvalue weighted by Gasteiger charge is 2.35. The fourth-order valence-electron chi connectivity index (χ4n) is 2.67. The quantitative estimate of drug-likeness (QED) is 0.896. The van der Waals surface area contributed by atoms with E-state index >= 15 is 0 Å². The van der Waals surface area contributed by atoms with E-state index in [4.69, 9.17) is 0 Å². The van der Waals surface area contributed by atoms with E-state index in [0.717, 1.165) is 30.7 Å². The number of aromatic hydroxyl groups is 1. The molecule has 0 unspecified atom stereocenters. The zero-order chi connectivity index (χ0) is 14.1. The third-order valence-electron chi connectivity index (χ3n) is 3.84. The van der Waals surface area contributed by atoms with Crippen LogP contribution in [0.5, 0.6) is 5.75 Å². The third-order valence-corrected chi connectivity index (χ3v) is 4.78. The Kier molecular flexibility index (Phi) is 3.85. The molecule has 2 aliphatic heterocycles. The van der Waals surface area contributed by atoms with Gasteiger partial charge < -0.3 is 10.0 Å². The van der Waals surface area contributed by atoms with Gasteiger partial charge in [0.1, 0.15) is 11.6 Å². The van der Waals surface area contributed by atoms with E-state index in [1.807, 2.05) is 11.8 Å². The van der Waals surface area contributed by atoms with Crippen LogP contribution in [0, 0.1) is 5.82 Å². The molecule has 2 aliphatic rings. The lowest BCUT2D eigenvalue weighted by molar-refractivity contribution is 0.0294. The van der Waals surface area contributed by atoms with Crippen molar-refractivity contribution in [1.29, 1.82) is 0 Å². The van der Waals surface area contributed by atoms with Gasteiger partial charge >= 0.3 is 0 Å². The van der Waals surface area contributed by atoms with Crippen molar-refractivity contribution in [1.82, 2.24) is 9.80 Å². The largest absolute Gasteiger partial charge is 0.508 e. The van der Waals surface area contributed by atoms with Gasteiger partial charge in [0.05, 0.1) is 0 Å². The first-order valence-corrected chi connectivity index (χ1v) is 7.89. The van der Waals surface area contributed by atoms with E-state index in [1.165, 1.54) is 12.1 Å². The maximum atomic E-state index is 13.2. The van der Waals surface area contributed by atoms with Crippen molar-refractivity contribution >= 4 is 17.7 Å². The molecule has 1 aromatic rings. The van der Waals surface area contributed by atoms with Crippen LogP contribution in [0.2, 0.25) is 0 Å². The van der Waals surface area contributed by atoms with Crippen molar-refractivity contribution in [2.24, 2.45) is 0 Å². The zero-order valence-electron chi connectivity index (χ0n) is 11.1. The van der Waals surface area contributed by atoms with E-state index < -0.39 is 5.82 Å². The molecule has 0 spiro atoms. The monoisotopic (exact) mass is 296 g/mol. The van der Waals surface area contributed by atoms with Gasteiger partial charge in [-0.15, -0.1) is 0 Å². The molecule has 2 fully saturated rings. The summed E-state index contributed by atoms with van der Waals surface area (Å²) in [7, 11) is 0. The predicted octanol–water partition coefficient (Wildman–Crippen LogP) is 1.40. The third kappa shape index (κ3) is 2.76. The molecular weight excluding hydrogens is 279 g/mol. The van der Waals surface area contributed by atoms with Gasteiger partial charge in [0.25, 0.3) is 5.91 Å². The molecule has 6 heteroatoms. The van der Waals surface area contributed by atoms with Gasteiger partial charge in [-0.1, -0.05) is 0 Å². The van der Waals surface area contributed by atoms with Crippen molar-refractivity contribution in [2.75, 3.05) is 37.7 Å². The number of phenolic OH excluding ortho intramolecular Hbond substituents is 1. The minimum atomic E-state index is -0.585. The molecule has 0 atom stereocenters. The number of nitrogens with zero attached hydrogens (tertiary/aromatic N) is 2. The first kappa shape index (κ1) is 13.7. The number of thioether (sulfide) groups is 1. The van der Waals surface area contributed by atoms with E-state index in [-0.39, 0.29) is 17.2 Å². The number of likely N-dealkylation sites (tertiary alicyclic amines) is 1. The summed E-state index contributed by atoms with van der Waals surface area (Å²) in [5, 5.41) is 9.35. The van der Waals surface area contributed by atoms with Crippen LogP contribution in [0.3, 0.4) is 0 Å². The van der Waals surface area contributed by atoms with Crippen LogP contribution < -0.4 is 0 Å². The summed E-state index contributed by atoms with van der Waals surface area (Å²) in [5.41, 5.74) is 0.218. The second kappa shape index (κ2) is 5.61. The Morgan fingerprint density at radius 3 is 2.60 bits per heavy atom. The van der Waals surface area contributed by atoms with Crippen molar-refractivity contribution in [2.45, 2.75) is 6.04 Å². The standard InChI is InChI=1S/C14H17FN2O2S/c15-11-5-10(6-13(18)7-11)14(19)17-8-12(9-17)16-1-3-20-4-2-16/h5-7,12,18H,1-4,8-9H2. The Balaban J connectivity index is 1.60. The van der Waals surface area contributed by atoms with Gasteiger partial charge in [0.15, 0.2) is 0 Å². The summed E-state index contributed by atoms with van der Waals surface area (Å²) in [6.07, 6.45) is 0. The molecule has 2 saturated heterocycles. The molecule has 108 valence electrons. The van der Waals surface area contributed by atoms with Crippen LogP contribution in [-0.4, -0.2) is 64.5 Å². The SMILES string of the molecule is O=C(c1cc(O)cc(F)c1)N1CC(N2CCSCC2)C1. The second-order valence-corrected chi connectivity index (χ2v) is 6.44. The number of hydrogen-bond acceptors (Lipinski definition) is 4. The van der Waals surface area contributed by atoms with Crippen molar-refractivity contribution in [3.05, 3.63) is 29.6 Å². The molecule has 3 rings (SSSR count). The lowest BCUT2D eigenvalue weighted by atomic mass is 10.0. The Labute approximate surface area is 121 Å². The first-order valence-electron chi connectivity index (χ1n) is 6.74. The molecule has 4 nitrogen and oxygen atoms in total. The number of carbonyl (C=O) groups is 1. The molecule has 0 aliphatic carbocycles. The smallest absolute Gasteiger partial charge is 0.254 e. The maximum absolute atomic E-state index is 13.2. The maximum Gasteiger partial charge on any atom is 0.254 e. The van der Waals surface area contributed by atoms with E-state index in [0.29, 0.717) is 19.1 Å². The number of carbonyl (C=O) groups excluding carboxylic acids is 1. The van der Waals surface area contributed by atoms with Crippen LogP contribution in [0.25, 0.3) is 0 Å². The molecule has 0 saturated carbocycles. The lowest BCUT2D eigenvalue weighted by Gasteiger charge is -2.46. The average Bonchev–Trinajstić information content (AvgIpc) is 2.37. The van der Waals surface area contributed by atoms with Crippen LogP contribution in [0.15, 0.2) is 18.2 Å². The summed E-state index contributed by atoms with van der Waals surface area (Å²) in [6.45, 7) is 3.55. The zero-order valence-corrected chi connectivity index (χ0v) is 11.9. The molecule has 2 heterocycles. The summed E-state index contributed by atoms with van der Waals surface area (Å²) in [5.74, 6) is 1.31. The highest BCUT2D eigenvalue weighted by Crippen LogP contribution is 2.23. The van der Waals surface area contributed by atoms with Gasteiger partial charge in [0.2, 0.25) is 0 Å². The lowest BCUT2D eigenvalue weighted by Crippen LogP contribution is -2.62. The number of halogens is 1. The second-order valence-electron chi connectivity index (χ2n) is 5.21. The van der Waals surface area contributed by atoms with Gasteiger partial charge in [-0.2, -0.15) is 11.8 Å². The fraction of sp³-hybridized carbons (Fsp3) is 0.500. The van der Waals surface area contributed by atoms with Crippen molar-refractivity contribution < 1.29 is 14.3 Å². The number of hydrogen-bond donors (Lipinski definition) is 1. The Morgan fingerprint density at radius 1 is 1.25 bits per heavy atom. The molecule has 20 heavy (non-hydrogen) atoms. The molecule has 1 N–H and O–H groups in total. The molecule has 1 amide bonds. The number of rotatable bonds is 2. The highest BCUT2D eigenvalue weighted by atomic mass is 32.2. The van der Waals surface area contributed by atoms with Crippen LogP contribution >= 0.6 is 11.8 Å². The summed E-state index contributed by atoms with van der Waals surface area (Å²) >= 11 is 1.97. The highest BCUT2D eigenvalue weighted by molar-refractivity contribution is 7.99. The predicted molar refractivity (Wildman–Crippen MR) is 76.7 cm³/mol. The van der Waals surface area contributed by atoms with E-state index in [1.54, 1.807) is 4.90 Å². The number of benzene rings is 1. The molecular formula is C14H17FN2O2S. The number of phenols is 1. The summed E-state index contributed by atoms with van der Waals surface area (Å²) in [6, 6.07) is 3.92. The molecule has 0 aromatic heterocycles. The Morgan fingerprint density at radius 2 is 1.95 bits per heavy atom. The van der Waals surface area contributed by atoms with Crippen LogP contribution in [0.4, 0.5) is 4.39 Å². The van der Waals surface area contributed by atoms with Crippen LogP contribution in [-0.2, 0) is 0 Å². The summed E-state index contributed by atoms with van der Waals surface area (Å²) in [4.78, 5) is 16.3. The van der Waals surface area contributed by atoms with Crippen molar-refractivity contribution in [3.8, 4) is 5.75 Å². The Hall–Kier alpha value is -1.27. The summed E-state index contributed by atoms with van der Waals surface area (Å²) < 4.78 is 13.2. The average molecular weight is 296 g/mol. The van der Waals surface area contributed by atoms with Gasteiger partial charge in [-0.05, 0) is 12.1 Å². The topological polar surface area (TPSA) is 43.8 Å². The van der Waals surface area contributed by atoms with Crippen LogP contribution in [0.1, 0.15) is 10.4 Å². The molecule has 0 radical (unpaired) electrons. The normalized spacial score (nSPS) is 20.8. The molecule has 0 bridgehead atoms. The number of amides is 1. The van der Waals surface area contributed by atoms with E-state index in [2.05, 4.69) is 4.90 Å². The van der Waals surface area contributed by atoms with Crippen molar-refractivity contribution in [3.63, 3.8) is 0 Å². The van der Waals surface area contributed by atoms with E-state index in [9.17, 15) is 14.3 Å². The molecule has 1 aromatic carbocycles. The van der Waals surface area contributed by atoms with Gasteiger partial charge in [-0.25, -0.2) is 4.39 Å². The Bertz CT molecular complexity index is 494. The van der Waals surface area contributed by atoms with Gasteiger partial charge in [-0.3, -0.25) is 9.69 Å². The van der Waals surface area contributed by atoms with Gasteiger partial charge in [0, 0.05) is 55.4 Å².